The Kier molecular flexibility index (Phi) is 3.69. The number of hydrogen-bond donors (Lipinski definition) is 1. The second-order valence-electron chi connectivity index (χ2n) is 2.76. The maximum absolute atomic E-state index is 12.7. The largest absolute Gasteiger partial charge is 0.323 e. The summed E-state index contributed by atoms with van der Waals surface area (Å²) in [6, 6.07) is 3.07. The van der Waals surface area contributed by atoms with Gasteiger partial charge in [-0.3, -0.25) is 0 Å². The fourth-order valence-corrected chi connectivity index (χ4v) is 1.62. The summed E-state index contributed by atoms with van der Waals surface area (Å²) in [5, 5.41) is 0. The van der Waals surface area contributed by atoms with E-state index in [1.807, 2.05) is 6.26 Å². The van der Waals surface area contributed by atoms with Crippen molar-refractivity contribution in [2.45, 2.75) is 6.04 Å². The monoisotopic (exact) mass is 203 g/mol. The first kappa shape index (κ1) is 10.5. The van der Waals surface area contributed by atoms with Gasteiger partial charge in [-0.15, -0.1) is 0 Å². The van der Waals surface area contributed by atoms with Crippen LogP contribution in [0.25, 0.3) is 0 Å². The third-order valence-electron chi connectivity index (χ3n) is 1.66. The lowest BCUT2D eigenvalue weighted by atomic mass is 10.1. The van der Waals surface area contributed by atoms with Crippen molar-refractivity contribution < 1.29 is 8.78 Å². The van der Waals surface area contributed by atoms with E-state index >= 15 is 0 Å². The van der Waals surface area contributed by atoms with Crippen LogP contribution in [0, 0.1) is 11.6 Å². The molecular formula is C9H11F2NS. The molecule has 0 heterocycles. The van der Waals surface area contributed by atoms with Gasteiger partial charge >= 0.3 is 0 Å². The van der Waals surface area contributed by atoms with Crippen LogP contribution in [0.1, 0.15) is 11.6 Å². The molecule has 1 atom stereocenters. The number of halogens is 2. The zero-order valence-electron chi connectivity index (χ0n) is 7.26. The summed E-state index contributed by atoms with van der Waals surface area (Å²) in [4.78, 5) is 0. The smallest absolute Gasteiger partial charge is 0.126 e. The minimum Gasteiger partial charge on any atom is -0.323 e. The van der Waals surface area contributed by atoms with Crippen molar-refractivity contribution >= 4 is 11.8 Å². The Bertz CT molecular complexity index is 271. The van der Waals surface area contributed by atoms with Crippen molar-refractivity contribution in [3.05, 3.63) is 35.4 Å². The van der Waals surface area contributed by atoms with Crippen LogP contribution in [-0.4, -0.2) is 12.0 Å². The standard InChI is InChI=1S/C9H11F2NS/c1-13-5-9(12)6-2-7(10)4-8(11)3-6/h2-4,9H,5,12H2,1H3. The molecule has 13 heavy (non-hydrogen) atoms. The molecular weight excluding hydrogens is 192 g/mol. The Morgan fingerprint density at radius 1 is 1.31 bits per heavy atom. The van der Waals surface area contributed by atoms with Gasteiger partial charge in [0.05, 0.1) is 0 Å². The average molecular weight is 203 g/mol. The van der Waals surface area contributed by atoms with Crippen LogP contribution in [0.5, 0.6) is 0 Å². The predicted octanol–water partition coefficient (Wildman–Crippen LogP) is 2.33. The predicted molar refractivity (Wildman–Crippen MR) is 51.7 cm³/mol. The highest BCUT2D eigenvalue weighted by atomic mass is 32.2. The molecule has 0 spiro atoms. The van der Waals surface area contributed by atoms with E-state index in [2.05, 4.69) is 0 Å². The van der Waals surface area contributed by atoms with Gasteiger partial charge in [0.1, 0.15) is 11.6 Å². The Labute approximate surface area is 80.3 Å². The van der Waals surface area contributed by atoms with Gasteiger partial charge < -0.3 is 5.73 Å². The Hall–Kier alpha value is -0.610. The van der Waals surface area contributed by atoms with E-state index in [1.165, 1.54) is 12.1 Å². The SMILES string of the molecule is CSCC(N)c1cc(F)cc(F)c1. The normalized spacial score (nSPS) is 12.9. The van der Waals surface area contributed by atoms with Crippen LogP contribution < -0.4 is 5.73 Å². The molecule has 72 valence electrons. The molecule has 4 heteroatoms. The van der Waals surface area contributed by atoms with Crippen molar-refractivity contribution in [1.29, 1.82) is 0 Å². The van der Waals surface area contributed by atoms with E-state index in [9.17, 15) is 8.78 Å². The second kappa shape index (κ2) is 4.58. The van der Waals surface area contributed by atoms with Crippen molar-refractivity contribution in [2.24, 2.45) is 5.73 Å². The van der Waals surface area contributed by atoms with Gasteiger partial charge in [-0.1, -0.05) is 0 Å². The molecule has 0 fully saturated rings. The number of rotatable bonds is 3. The molecule has 0 radical (unpaired) electrons. The van der Waals surface area contributed by atoms with Gasteiger partial charge in [0.15, 0.2) is 0 Å². The minimum absolute atomic E-state index is 0.305. The van der Waals surface area contributed by atoms with E-state index in [0.717, 1.165) is 6.07 Å². The van der Waals surface area contributed by atoms with E-state index < -0.39 is 11.6 Å². The Morgan fingerprint density at radius 3 is 2.31 bits per heavy atom. The zero-order chi connectivity index (χ0) is 9.84. The molecule has 0 bridgehead atoms. The molecule has 1 unspecified atom stereocenters. The number of benzene rings is 1. The third kappa shape index (κ3) is 2.97. The quantitative estimate of drug-likeness (QED) is 0.816. The fourth-order valence-electron chi connectivity index (χ4n) is 1.07. The number of thioether (sulfide) groups is 1. The molecule has 1 rings (SSSR count). The first-order chi connectivity index (χ1) is 6.13. The van der Waals surface area contributed by atoms with Gasteiger partial charge in [0.25, 0.3) is 0 Å². The zero-order valence-corrected chi connectivity index (χ0v) is 8.07. The molecule has 0 saturated heterocycles. The summed E-state index contributed by atoms with van der Waals surface area (Å²) in [6.45, 7) is 0. The molecule has 1 aromatic rings. The Morgan fingerprint density at radius 2 is 1.85 bits per heavy atom. The summed E-state index contributed by atoms with van der Waals surface area (Å²) in [5.41, 5.74) is 6.20. The lowest BCUT2D eigenvalue weighted by Gasteiger charge is -2.10. The third-order valence-corrected chi connectivity index (χ3v) is 2.35. The summed E-state index contributed by atoms with van der Waals surface area (Å²) in [6.07, 6.45) is 1.90. The average Bonchev–Trinajstić information content (AvgIpc) is 2.03. The van der Waals surface area contributed by atoms with Crippen molar-refractivity contribution in [1.82, 2.24) is 0 Å². The van der Waals surface area contributed by atoms with Crippen LogP contribution in [-0.2, 0) is 0 Å². The molecule has 1 nitrogen and oxygen atoms in total. The van der Waals surface area contributed by atoms with Crippen LogP contribution in [0.3, 0.4) is 0 Å². The maximum atomic E-state index is 12.7. The molecule has 0 aliphatic carbocycles. The van der Waals surface area contributed by atoms with E-state index in [0.29, 0.717) is 11.3 Å². The van der Waals surface area contributed by atoms with E-state index in [-0.39, 0.29) is 6.04 Å². The van der Waals surface area contributed by atoms with Crippen LogP contribution >= 0.6 is 11.8 Å². The molecule has 0 aliphatic heterocycles. The molecule has 0 amide bonds. The highest BCUT2D eigenvalue weighted by Crippen LogP contribution is 2.17. The lowest BCUT2D eigenvalue weighted by molar-refractivity contribution is 0.576. The van der Waals surface area contributed by atoms with Crippen LogP contribution in [0.2, 0.25) is 0 Å². The second-order valence-corrected chi connectivity index (χ2v) is 3.68. The molecule has 0 saturated carbocycles. The van der Waals surface area contributed by atoms with Crippen LogP contribution in [0.4, 0.5) is 8.78 Å². The highest BCUT2D eigenvalue weighted by Gasteiger charge is 2.07. The van der Waals surface area contributed by atoms with Gasteiger partial charge in [-0.05, 0) is 24.0 Å². The van der Waals surface area contributed by atoms with E-state index in [1.54, 1.807) is 11.8 Å². The van der Waals surface area contributed by atoms with Gasteiger partial charge in [-0.25, -0.2) is 8.78 Å². The van der Waals surface area contributed by atoms with Gasteiger partial charge in [0.2, 0.25) is 0 Å². The summed E-state index contributed by atoms with van der Waals surface area (Å²) in [5.74, 6) is -0.499. The summed E-state index contributed by atoms with van der Waals surface area (Å²) >= 11 is 1.55. The topological polar surface area (TPSA) is 26.0 Å². The van der Waals surface area contributed by atoms with E-state index in [4.69, 9.17) is 5.73 Å². The van der Waals surface area contributed by atoms with Crippen molar-refractivity contribution in [3.63, 3.8) is 0 Å². The lowest BCUT2D eigenvalue weighted by Crippen LogP contribution is -2.13. The summed E-state index contributed by atoms with van der Waals surface area (Å²) in [7, 11) is 0. The molecule has 1 aromatic carbocycles. The highest BCUT2D eigenvalue weighted by molar-refractivity contribution is 7.98. The van der Waals surface area contributed by atoms with Gasteiger partial charge in [-0.2, -0.15) is 11.8 Å². The molecule has 2 N–H and O–H groups in total. The molecule has 0 aromatic heterocycles. The Balaban J connectivity index is 2.87. The number of nitrogens with two attached hydrogens (primary N) is 1. The minimum atomic E-state index is -0.577. The van der Waals surface area contributed by atoms with Crippen molar-refractivity contribution in [2.75, 3.05) is 12.0 Å². The van der Waals surface area contributed by atoms with Crippen molar-refractivity contribution in [3.8, 4) is 0 Å². The number of hydrogen-bond acceptors (Lipinski definition) is 2. The first-order valence-electron chi connectivity index (χ1n) is 3.84. The summed E-state index contributed by atoms with van der Waals surface area (Å²) < 4.78 is 25.5. The van der Waals surface area contributed by atoms with Crippen LogP contribution in [0.15, 0.2) is 18.2 Å². The first-order valence-corrected chi connectivity index (χ1v) is 5.23. The molecule has 0 aliphatic rings. The fraction of sp³-hybridized carbons (Fsp3) is 0.333. The maximum Gasteiger partial charge on any atom is 0.126 e. The van der Waals surface area contributed by atoms with Gasteiger partial charge in [0, 0.05) is 17.9 Å².